The van der Waals surface area contributed by atoms with Gasteiger partial charge in [-0.15, -0.1) is 0 Å². The molecule has 1 aliphatic rings. The molecule has 2 aromatic heterocycles. The molecule has 1 saturated heterocycles. The molecule has 35 heavy (non-hydrogen) atoms. The quantitative estimate of drug-likeness (QED) is 0.402. The highest BCUT2D eigenvalue weighted by atomic mass is 16.5. The second-order valence-electron chi connectivity index (χ2n) is 9.66. The van der Waals surface area contributed by atoms with Crippen molar-refractivity contribution in [1.82, 2.24) is 19.2 Å². The van der Waals surface area contributed by atoms with Gasteiger partial charge in [0, 0.05) is 51.2 Å². The number of aromatic nitrogens is 2. The Balaban J connectivity index is 1.57. The maximum absolute atomic E-state index is 5.39. The molecule has 6 nitrogen and oxygen atoms in total. The molecule has 1 fully saturated rings. The van der Waals surface area contributed by atoms with Crippen LogP contribution in [0, 0.1) is 0 Å². The monoisotopic (exact) mass is 469 g/mol. The first-order valence-electron chi connectivity index (χ1n) is 12.4. The van der Waals surface area contributed by atoms with E-state index in [4.69, 9.17) is 9.72 Å². The van der Waals surface area contributed by atoms with Crippen molar-refractivity contribution < 1.29 is 4.74 Å². The lowest BCUT2D eigenvalue weighted by Crippen LogP contribution is -2.29. The summed E-state index contributed by atoms with van der Waals surface area (Å²) in [5.74, 6) is 0.859. The van der Waals surface area contributed by atoms with Crippen LogP contribution in [0.3, 0.4) is 0 Å². The number of imidazole rings is 1. The van der Waals surface area contributed by atoms with Crippen molar-refractivity contribution >= 4 is 11.3 Å². The third kappa shape index (κ3) is 5.04. The first kappa shape index (κ1) is 23.4. The van der Waals surface area contributed by atoms with E-state index in [-0.39, 0.29) is 0 Å². The van der Waals surface area contributed by atoms with Gasteiger partial charge in [-0.2, -0.15) is 0 Å². The molecular weight excluding hydrogens is 434 g/mol. The molecular formula is C29H35N5O. The Morgan fingerprint density at radius 2 is 1.54 bits per heavy atom. The molecule has 6 heteroatoms. The van der Waals surface area contributed by atoms with Crippen LogP contribution in [-0.2, 0) is 6.54 Å². The van der Waals surface area contributed by atoms with Crippen molar-refractivity contribution in [3.63, 3.8) is 0 Å². The summed E-state index contributed by atoms with van der Waals surface area (Å²) >= 11 is 0. The largest absolute Gasteiger partial charge is 0.497 e. The van der Waals surface area contributed by atoms with Gasteiger partial charge in [0.1, 0.15) is 11.4 Å². The van der Waals surface area contributed by atoms with Crippen LogP contribution in [0.1, 0.15) is 12.1 Å². The number of methoxy groups -OCH3 is 1. The lowest BCUT2D eigenvalue weighted by Gasteiger charge is -2.21. The van der Waals surface area contributed by atoms with Crippen LogP contribution in [-0.4, -0.2) is 73.6 Å². The zero-order chi connectivity index (χ0) is 24.4. The average Bonchev–Trinajstić information content (AvgIpc) is 3.10. The molecule has 0 radical (unpaired) electrons. The third-order valence-corrected chi connectivity index (χ3v) is 6.98. The molecule has 0 aliphatic carbocycles. The topological polar surface area (TPSA) is 36.2 Å². The molecule has 182 valence electrons. The maximum Gasteiger partial charge on any atom is 0.137 e. The van der Waals surface area contributed by atoms with Crippen molar-refractivity contribution in [2.45, 2.75) is 13.0 Å². The Morgan fingerprint density at radius 3 is 2.26 bits per heavy atom. The molecule has 0 atom stereocenters. The fourth-order valence-electron chi connectivity index (χ4n) is 4.82. The molecule has 0 saturated carbocycles. The molecule has 4 aromatic rings. The summed E-state index contributed by atoms with van der Waals surface area (Å²) in [6.45, 7) is 5.29. The average molecular weight is 470 g/mol. The van der Waals surface area contributed by atoms with Gasteiger partial charge in [-0.05, 0) is 86.2 Å². The number of hydrogen-bond acceptors (Lipinski definition) is 5. The van der Waals surface area contributed by atoms with Gasteiger partial charge in [0.15, 0.2) is 0 Å². The minimum absolute atomic E-state index is 0.859. The predicted octanol–water partition coefficient (Wildman–Crippen LogP) is 4.88. The number of fused-ring (bicyclic) bond motifs is 1. The Bertz CT molecular complexity index is 1280. The molecule has 0 spiro atoms. The normalized spacial score (nSPS) is 15.3. The van der Waals surface area contributed by atoms with Crippen molar-refractivity contribution in [2.75, 3.05) is 59.3 Å². The van der Waals surface area contributed by atoms with Gasteiger partial charge in [-0.3, -0.25) is 4.90 Å². The summed E-state index contributed by atoms with van der Waals surface area (Å²) in [4.78, 5) is 12.2. The van der Waals surface area contributed by atoms with Crippen LogP contribution in [0.2, 0.25) is 0 Å². The molecule has 0 unspecified atom stereocenters. The number of likely N-dealkylation sites (N-methyl/N-ethyl adjacent to an activating group) is 1. The van der Waals surface area contributed by atoms with Gasteiger partial charge < -0.3 is 18.9 Å². The van der Waals surface area contributed by atoms with Crippen molar-refractivity contribution in [3.05, 3.63) is 72.6 Å². The van der Waals surface area contributed by atoms with Gasteiger partial charge in [0.25, 0.3) is 0 Å². The summed E-state index contributed by atoms with van der Waals surface area (Å²) in [6.07, 6.45) is 3.44. The maximum atomic E-state index is 5.39. The summed E-state index contributed by atoms with van der Waals surface area (Å²) in [7, 11) is 8.06. The minimum atomic E-state index is 0.859. The summed E-state index contributed by atoms with van der Waals surface area (Å²) in [5, 5.41) is 0. The van der Waals surface area contributed by atoms with E-state index in [1.165, 1.54) is 28.9 Å². The summed E-state index contributed by atoms with van der Waals surface area (Å²) in [6, 6.07) is 21.3. The van der Waals surface area contributed by atoms with Crippen LogP contribution in [0.5, 0.6) is 5.75 Å². The van der Waals surface area contributed by atoms with Crippen molar-refractivity contribution in [2.24, 2.45) is 0 Å². The van der Waals surface area contributed by atoms with Gasteiger partial charge >= 0.3 is 0 Å². The number of rotatable bonds is 6. The van der Waals surface area contributed by atoms with E-state index in [9.17, 15) is 0 Å². The Labute approximate surface area is 208 Å². The first-order chi connectivity index (χ1) is 17.0. The highest BCUT2D eigenvalue weighted by Crippen LogP contribution is 2.30. The van der Waals surface area contributed by atoms with Crippen LogP contribution >= 0.6 is 0 Å². The zero-order valence-electron chi connectivity index (χ0n) is 21.2. The Kier molecular flexibility index (Phi) is 6.75. The van der Waals surface area contributed by atoms with E-state index in [1.807, 2.05) is 12.1 Å². The van der Waals surface area contributed by atoms with Crippen LogP contribution in [0.4, 0.5) is 5.69 Å². The van der Waals surface area contributed by atoms with Crippen LogP contribution < -0.4 is 9.64 Å². The molecule has 0 amide bonds. The SMILES string of the molecule is COc1ccc(-c2nc3ccc(-c4ccc(N(C)C)cc4)cn3c2CN2CCCN(C)CC2)cc1. The lowest BCUT2D eigenvalue weighted by atomic mass is 10.1. The van der Waals surface area contributed by atoms with Crippen LogP contribution in [0.15, 0.2) is 66.9 Å². The van der Waals surface area contributed by atoms with Crippen molar-refractivity contribution in [3.8, 4) is 28.1 Å². The predicted molar refractivity (Wildman–Crippen MR) is 144 cm³/mol. The fourth-order valence-corrected chi connectivity index (χ4v) is 4.82. The van der Waals surface area contributed by atoms with E-state index in [1.54, 1.807) is 7.11 Å². The highest BCUT2D eigenvalue weighted by molar-refractivity contribution is 5.71. The second-order valence-corrected chi connectivity index (χ2v) is 9.66. The Morgan fingerprint density at radius 1 is 0.829 bits per heavy atom. The van der Waals surface area contributed by atoms with Crippen molar-refractivity contribution in [1.29, 1.82) is 0 Å². The standard InChI is InChI=1S/C29H35N5O/c1-31(2)25-11-6-22(7-12-25)24-10-15-28-30-29(23-8-13-26(35-4)14-9-23)27(34(28)20-24)21-33-17-5-16-32(3)18-19-33/h6-15,20H,5,16-19,21H2,1-4H3. The van der Waals surface area contributed by atoms with E-state index in [0.29, 0.717) is 0 Å². The number of pyridine rings is 1. The van der Waals surface area contributed by atoms with Gasteiger partial charge in [0.2, 0.25) is 0 Å². The zero-order valence-corrected chi connectivity index (χ0v) is 21.2. The number of hydrogen-bond donors (Lipinski definition) is 0. The number of nitrogens with zero attached hydrogens (tertiary/aromatic N) is 5. The number of benzene rings is 2. The number of ether oxygens (including phenoxy) is 1. The van der Waals surface area contributed by atoms with Gasteiger partial charge in [0.05, 0.1) is 18.5 Å². The molecule has 0 bridgehead atoms. The third-order valence-electron chi connectivity index (χ3n) is 6.98. The molecule has 2 aromatic carbocycles. The highest BCUT2D eigenvalue weighted by Gasteiger charge is 2.20. The molecule has 3 heterocycles. The number of anilines is 1. The first-order valence-corrected chi connectivity index (χ1v) is 12.4. The Hall–Kier alpha value is -3.35. The molecule has 5 rings (SSSR count). The van der Waals surface area contributed by atoms with E-state index >= 15 is 0 Å². The summed E-state index contributed by atoms with van der Waals surface area (Å²) in [5.41, 5.74) is 7.98. The molecule has 1 aliphatic heterocycles. The second kappa shape index (κ2) is 10.1. The van der Waals surface area contributed by atoms with E-state index < -0.39 is 0 Å². The summed E-state index contributed by atoms with van der Waals surface area (Å²) < 4.78 is 7.68. The van der Waals surface area contributed by atoms with Gasteiger partial charge in [-0.25, -0.2) is 4.98 Å². The lowest BCUT2D eigenvalue weighted by molar-refractivity contribution is 0.266. The van der Waals surface area contributed by atoms with E-state index in [2.05, 4.69) is 95.0 Å². The van der Waals surface area contributed by atoms with E-state index in [0.717, 1.165) is 55.4 Å². The smallest absolute Gasteiger partial charge is 0.137 e. The fraction of sp³-hybridized carbons (Fsp3) is 0.345. The molecule has 0 N–H and O–H groups in total. The van der Waals surface area contributed by atoms with Gasteiger partial charge in [-0.1, -0.05) is 12.1 Å². The van der Waals surface area contributed by atoms with Crippen LogP contribution in [0.25, 0.3) is 28.0 Å². The minimum Gasteiger partial charge on any atom is -0.497 e.